The smallest absolute Gasteiger partial charge is 0.250 e. The van der Waals surface area contributed by atoms with Gasteiger partial charge >= 0.3 is 0 Å². The van der Waals surface area contributed by atoms with E-state index >= 15 is 0 Å². The highest BCUT2D eigenvalue weighted by atomic mass is 32.2. The van der Waals surface area contributed by atoms with Crippen LogP contribution in [0.2, 0.25) is 0 Å². The molecule has 0 radical (unpaired) electrons. The normalized spacial score (nSPS) is 17.6. The van der Waals surface area contributed by atoms with E-state index in [1.807, 2.05) is 39.0 Å². The summed E-state index contributed by atoms with van der Waals surface area (Å²) in [6, 6.07) is 9.07. The minimum atomic E-state index is -3.89. The largest absolute Gasteiger partial charge is 0.306 e. The lowest BCUT2D eigenvalue weighted by molar-refractivity contribution is -0.119. The number of benzene rings is 1. The van der Waals surface area contributed by atoms with Gasteiger partial charge < -0.3 is 4.90 Å². The Morgan fingerprint density at radius 1 is 1.20 bits per heavy atom. The zero-order chi connectivity index (χ0) is 15.2. The van der Waals surface area contributed by atoms with Crippen molar-refractivity contribution in [2.24, 2.45) is 5.14 Å². The first kappa shape index (κ1) is 15.0. The van der Waals surface area contributed by atoms with Gasteiger partial charge in [-0.1, -0.05) is 18.2 Å². The summed E-state index contributed by atoms with van der Waals surface area (Å²) < 4.78 is 22.1. The summed E-state index contributed by atoms with van der Waals surface area (Å²) in [5, 5.41) is 5.26. The molecule has 1 amide bonds. The molecular weight excluding hydrogens is 276 g/mol. The lowest BCUT2D eigenvalue weighted by Gasteiger charge is -2.37. The van der Waals surface area contributed by atoms with Crippen LogP contribution in [0.1, 0.15) is 33.6 Å². The van der Waals surface area contributed by atoms with E-state index in [0.717, 1.165) is 0 Å². The van der Waals surface area contributed by atoms with Crippen molar-refractivity contribution in [2.45, 2.75) is 43.9 Å². The number of sulfonamides is 1. The lowest BCUT2D eigenvalue weighted by Crippen LogP contribution is -2.54. The van der Waals surface area contributed by atoms with Crippen molar-refractivity contribution in [3.05, 3.63) is 30.3 Å². The molecule has 20 heavy (non-hydrogen) atoms. The number of carbonyl (C=O) groups excluding carboxylic acids is 1. The highest BCUT2D eigenvalue weighted by Crippen LogP contribution is 2.45. The Kier molecular flexibility index (Phi) is 3.42. The van der Waals surface area contributed by atoms with Gasteiger partial charge in [-0.3, -0.25) is 4.79 Å². The van der Waals surface area contributed by atoms with Crippen LogP contribution in [-0.4, -0.2) is 24.6 Å². The SMILES string of the molecule is CC(C)(C)N(C(=O)C1(S(N)(=O)=O)CC1)c1ccccc1. The molecule has 2 N–H and O–H groups in total. The molecular formula is C14H20N2O3S. The second-order valence-corrected chi connectivity index (χ2v) is 8.06. The topological polar surface area (TPSA) is 80.5 Å². The van der Waals surface area contributed by atoms with E-state index in [9.17, 15) is 13.2 Å². The van der Waals surface area contributed by atoms with Gasteiger partial charge in [0, 0.05) is 11.2 Å². The van der Waals surface area contributed by atoms with Gasteiger partial charge in [0.05, 0.1) is 0 Å². The van der Waals surface area contributed by atoms with Gasteiger partial charge in [-0.15, -0.1) is 0 Å². The number of amides is 1. The summed E-state index contributed by atoms with van der Waals surface area (Å²) in [7, 11) is -3.89. The molecule has 0 heterocycles. The molecule has 6 heteroatoms. The highest BCUT2D eigenvalue weighted by Gasteiger charge is 2.62. The second-order valence-electron chi connectivity index (χ2n) is 6.19. The minimum Gasteiger partial charge on any atom is -0.306 e. The molecule has 0 unspecified atom stereocenters. The molecule has 1 saturated carbocycles. The van der Waals surface area contributed by atoms with E-state index in [1.54, 1.807) is 12.1 Å². The van der Waals surface area contributed by atoms with E-state index in [4.69, 9.17) is 5.14 Å². The maximum Gasteiger partial charge on any atom is 0.250 e. The number of para-hydroxylation sites is 1. The summed E-state index contributed by atoms with van der Waals surface area (Å²) in [4.78, 5) is 14.3. The van der Waals surface area contributed by atoms with Gasteiger partial charge in [0.15, 0.2) is 4.75 Å². The molecule has 0 spiro atoms. The van der Waals surface area contributed by atoms with Crippen molar-refractivity contribution in [3.8, 4) is 0 Å². The van der Waals surface area contributed by atoms with Crippen molar-refractivity contribution in [1.29, 1.82) is 0 Å². The maximum absolute atomic E-state index is 12.8. The Labute approximate surface area is 119 Å². The van der Waals surface area contributed by atoms with E-state index in [0.29, 0.717) is 18.5 Å². The van der Waals surface area contributed by atoms with Crippen LogP contribution in [0.15, 0.2) is 30.3 Å². The standard InChI is InChI=1S/C14H20N2O3S/c1-13(2,3)16(11-7-5-4-6-8-11)12(17)14(9-10-14)20(15,18)19/h4-8H,9-10H2,1-3H3,(H2,15,18,19). The zero-order valence-electron chi connectivity index (χ0n) is 12.0. The fourth-order valence-electron chi connectivity index (χ4n) is 2.32. The van der Waals surface area contributed by atoms with Gasteiger partial charge in [0.25, 0.3) is 0 Å². The molecule has 1 fully saturated rings. The third-order valence-electron chi connectivity index (χ3n) is 3.53. The number of hydrogen-bond donors (Lipinski definition) is 1. The second kappa shape index (κ2) is 4.56. The van der Waals surface area contributed by atoms with E-state index in [-0.39, 0.29) is 0 Å². The Morgan fingerprint density at radius 3 is 2.05 bits per heavy atom. The van der Waals surface area contributed by atoms with Crippen molar-refractivity contribution >= 4 is 21.6 Å². The molecule has 1 aliphatic carbocycles. The van der Waals surface area contributed by atoms with Gasteiger partial charge in [-0.05, 0) is 45.7 Å². The zero-order valence-corrected chi connectivity index (χ0v) is 12.8. The number of anilines is 1. The molecule has 2 rings (SSSR count). The summed E-state index contributed by atoms with van der Waals surface area (Å²) in [5.41, 5.74) is 0.151. The number of rotatable bonds is 3. The predicted octanol–water partition coefficient (Wildman–Crippen LogP) is 1.64. The predicted molar refractivity (Wildman–Crippen MR) is 78.8 cm³/mol. The Bertz CT molecular complexity index is 614. The Balaban J connectivity index is 2.48. The number of primary sulfonamides is 1. The van der Waals surface area contributed by atoms with Crippen LogP contribution >= 0.6 is 0 Å². The van der Waals surface area contributed by atoms with Crippen LogP contribution in [0, 0.1) is 0 Å². The number of carbonyl (C=O) groups is 1. The maximum atomic E-state index is 12.8. The summed E-state index contributed by atoms with van der Waals surface area (Å²) in [5.74, 6) is -0.432. The Morgan fingerprint density at radius 2 is 1.70 bits per heavy atom. The van der Waals surface area contributed by atoms with Crippen molar-refractivity contribution < 1.29 is 13.2 Å². The molecule has 0 bridgehead atoms. The first-order chi connectivity index (χ1) is 9.09. The van der Waals surface area contributed by atoms with Crippen LogP contribution in [0.5, 0.6) is 0 Å². The van der Waals surface area contributed by atoms with E-state index in [2.05, 4.69) is 0 Å². The van der Waals surface area contributed by atoms with Crippen LogP contribution < -0.4 is 10.0 Å². The molecule has 0 aliphatic heterocycles. The van der Waals surface area contributed by atoms with E-state index < -0.39 is 26.2 Å². The van der Waals surface area contributed by atoms with Crippen LogP contribution in [0.3, 0.4) is 0 Å². The third-order valence-corrected chi connectivity index (χ3v) is 5.20. The lowest BCUT2D eigenvalue weighted by atomic mass is 10.0. The fourth-order valence-corrected chi connectivity index (χ4v) is 3.33. The average molecular weight is 296 g/mol. The van der Waals surface area contributed by atoms with Crippen LogP contribution in [-0.2, 0) is 14.8 Å². The molecule has 1 aliphatic rings. The van der Waals surface area contributed by atoms with Crippen molar-refractivity contribution in [3.63, 3.8) is 0 Å². The van der Waals surface area contributed by atoms with Gasteiger partial charge in [-0.2, -0.15) is 0 Å². The fraction of sp³-hybridized carbons (Fsp3) is 0.500. The van der Waals surface area contributed by atoms with Gasteiger partial charge in [0.2, 0.25) is 15.9 Å². The summed E-state index contributed by atoms with van der Waals surface area (Å²) >= 11 is 0. The molecule has 0 saturated heterocycles. The van der Waals surface area contributed by atoms with Gasteiger partial charge in [0.1, 0.15) is 0 Å². The first-order valence-electron chi connectivity index (χ1n) is 6.52. The van der Waals surface area contributed by atoms with Crippen molar-refractivity contribution in [1.82, 2.24) is 0 Å². The Hall–Kier alpha value is -1.40. The number of nitrogens with two attached hydrogens (primary N) is 1. The van der Waals surface area contributed by atoms with Gasteiger partial charge in [-0.25, -0.2) is 13.6 Å². The summed E-state index contributed by atoms with van der Waals surface area (Å²) in [6.07, 6.45) is 0.591. The van der Waals surface area contributed by atoms with Crippen molar-refractivity contribution in [2.75, 3.05) is 4.90 Å². The average Bonchev–Trinajstić information content (AvgIpc) is 3.08. The van der Waals surface area contributed by atoms with Crippen LogP contribution in [0.4, 0.5) is 5.69 Å². The molecule has 5 nitrogen and oxygen atoms in total. The van der Waals surface area contributed by atoms with E-state index in [1.165, 1.54) is 4.90 Å². The molecule has 1 aromatic rings. The number of hydrogen-bond acceptors (Lipinski definition) is 3. The number of nitrogens with zero attached hydrogens (tertiary/aromatic N) is 1. The monoisotopic (exact) mass is 296 g/mol. The summed E-state index contributed by atoms with van der Waals surface area (Å²) in [6.45, 7) is 5.62. The minimum absolute atomic E-state index is 0.296. The quantitative estimate of drug-likeness (QED) is 0.920. The molecule has 0 atom stereocenters. The molecule has 0 aromatic heterocycles. The van der Waals surface area contributed by atoms with Crippen LogP contribution in [0.25, 0.3) is 0 Å². The highest BCUT2D eigenvalue weighted by molar-refractivity contribution is 7.91. The molecule has 110 valence electrons. The molecule has 1 aromatic carbocycles. The third kappa shape index (κ3) is 2.45. The first-order valence-corrected chi connectivity index (χ1v) is 8.06.